The Hall–Kier alpha value is -4.49. The van der Waals surface area contributed by atoms with Crippen molar-refractivity contribution >= 4 is 10.8 Å². The summed E-state index contributed by atoms with van der Waals surface area (Å²) in [6.07, 6.45) is 1.01. The number of halogens is 1. The molecular formula is C39H33F. The van der Waals surface area contributed by atoms with E-state index in [-0.39, 0.29) is 5.82 Å². The van der Waals surface area contributed by atoms with E-state index in [2.05, 4.69) is 129 Å². The molecule has 0 aliphatic carbocycles. The molecule has 2 atom stereocenters. The monoisotopic (exact) mass is 520 g/mol. The maximum absolute atomic E-state index is 14.2. The van der Waals surface area contributed by atoms with E-state index in [9.17, 15) is 4.39 Å². The molecule has 1 unspecified atom stereocenters. The van der Waals surface area contributed by atoms with Crippen LogP contribution in [0, 0.1) is 11.7 Å². The van der Waals surface area contributed by atoms with Crippen LogP contribution in [0.1, 0.15) is 30.9 Å². The number of hydrogen-bond donors (Lipinski definition) is 0. The van der Waals surface area contributed by atoms with Crippen molar-refractivity contribution in [2.45, 2.75) is 26.2 Å². The number of hydrogen-bond acceptors (Lipinski definition) is 0. The van der Waals surface area contributed by atoms with Crippen LogP contribution < -0.4 is 0 Å². The van der Waals surface area contributed by atoms with Crippen molar-refractivity contribution < 1.29 is 4.39 Å². The first-order valence-corrected chi connectivity index (χ1v) is 14.1. The highest BCUT2D eigenvalue weighted by molar-refractivity contribution is 6.06. The van der Waals surface area contributed by atoms with Gasteiger partial charge in [0.15, 0.2) is 0 Å². The highest BCUT2D eigenvalue weighted by Gasteiger charge is 2.20. The molecule has 0 saturated carbocycles. The summed E-state index contributed by atoms with van der Waals surface area (Å²) in [7, 11) is 0. The predicted octanol–water partition coefficient (Wildman–Crippen LogP) is 11.0. The van der Waals surface area contributed by atoms with Crippen LogP contribution in [0.15, 0.2) is 140 Å². The maximum atomic E-state index is 14.2. The lowest BCUT2D eigenvalue weighted by atomic mass is 9.80. The Bertz CT molecular complexity index is 1740. The molecule has 0 spiro atoms. The predicted molar refractivity (Wildman–Crippen MR) is 168 cm³/mol. The first kappa shape index (κ1) is 25.8. The standard InChI is InChI=1S/C39H33F/c1-27(25-29-21-23-31(24-22-29)30-11-4-3-5-12-30)28(2)35-17-6-7-18-37(35)38-20-10-14-32-13-9-19-36(39(32)38)33-15-8-16-34(40)26-33/h3-24,26-28H,25H2,1-2H3/t27?,28-/m0/s1. The minimum atomic E-state index is -0.216. The van der Waals surface area contributed by atoms with Gasteiger partial charge in [0.2, 0.25) is 0 Å². The fourth-order valence-electron chi connectivity index (χ4n) is 5.92. The summed E-state index contributed by atoms with van der Waals surface area (Å²) in [5.41, 5.74) is 9.59. The van der Waals surface area contributed by atoms with Crippen LogP contribution in [-0.2, 0) is 6.42 Å². The van der Waals surface area contributed by atoms with Crippen molar-refractivity contribution in [1.29, 1.82) is 0 Å². The summed E-state index contributed by atoms with van der Waals surface area (Å²) in [5.74, 6) is 0.578. The van der Waals surface area contributed by atoms with Gasteiger partial charge in [-0.05, 0) is 85.7 Å². The SMILES string of the molecule is CC(Cc1ccc(-c2ccccc2)cc1)[C@H](C)c1ccccc1-c1cccc2cccc(-c3cccc(F)c3)c12. The van der Waals surface area contributed by atoms with Gasteiger partial charge in [-0.2, -0.15) is 0 Å². The van der Waals surface area contributed by atoms with Crippen molar-refractivity contribution in [1.82, 2.24) is 0 Å². The van der Waals surface area contributed by atoms with Gasteiger partial charge < -0.3 is 0 Å². The second kappa shape index (κ2) is 11.3. The fourth-order valence-corrected chi connectivity index (χ4v) is 5.92. The zero-order valence-corrected chi connectivity index (χ0v) is 23.0. The van der Waals surface area contributed by atoms with Crippen LogP contribution >= 0.6 is 0 Å². The van der Waals surface area contributed by atoms with Gasteiger partial charge in [0.1, 0.15) is 5.82 Å². The molecule has 0 fully saturated rings. The Morgan fingerprint density at radius 1 is 0.525 bits per heavy atom. The lowest BCUT2D eigenvalue weighted by Gasteiger charge is -2.24. The zero-order valence-electron chi connectivity index (χ0n) is 23.0. The molecular weight excluding hydrogens is 487 g/mol. The smallest absolute Gasteiger partial charge is 0.123 e. The summed E-state index contributed by atoms with van der Waals surface area (Å²) >= 11 is 0. The average Bonchev–Trinajstić information content (AvgIpc) is 3.01. The van der Waals surface area contributed by atoms with Crippen molar-refractivity contribution in [2.75, 3.05) is 0 Å². The van der Waals surface area contributed by atoms with Crippen molar-refractivity contribution in [3.63, 3.8) is 0 Å². The lowest BCUT2D eigenvalue weighted by Crippen LogP contribution is -2.10. The van der Waals surface area contributed by atoms with E-state index in [4.69, 9.17) is 0 Å². The molecule has 0 nitrogen and oxygen atoms in total. The number of fused-ring (bicyclic) bond motifs is 1. The molecule has 6 aromatic carbocycles. The Morgan fingerprint density at radius 3 is 1.88 bits per heavy atom. The minimum absolute atomic E-state index is 0.216. The molecule has 0 N–H and O–H groups in total. The summed E-state index contributed by atoms with van der Waals surface area (Å²) in [6, 6.07) is 48.1. The van der Waals surface area contributed by atoms with Crippen LogP contribution in [0.2, 0.25) is 0 Å². The van der Waals surface area contributed by atoms with E-state index >= 15 is 0 Å². The molecule has 0 saturated heterocycles. The Labute approximate surface area is 236 Å². The molecule has 196 valence electrons. The first-order chi connectivity index (χ1) is 19.6. The molecule has 0 heterocycles. The number of rotatable bonds is 7. The molecule has 0 aliphatic heterocycles. The normalized spacial score (nSPS) is 12.8. The van der Waals surface area contributed by atoms with Gasteiger partial charge in [0, 0.05) is 0 Å². The highest BCUT2D eigenvalue weighted by Crippen LogP contribution is 2.41. The van der Waals surface area contributed by atoms with Gasteiger partial charge in [-0.25, -0.2) is 4.39 Å². The Morgan fingerprint density at radius 2 is 1.12 bits per heavy atom. The molecule has 0 amide bonds. The molecule has 0 aliphatic rings. The quantitative estimate of drug-likeness (QED) is 0.196. The Kier molecular flexibility index (Phi) is 7.29. The maximum Gasteiger partial charge on any atom is 0.123 e. The van der Waals surface area contributed by atoms with E-state index in [0.717, 1.165) is 22.9 Å². The van der Waals surface area contributed by atoms with Gasteiger partial charge in [0.05, 0.1) is 0 Å². The highest BCUT2D eigenvalue weighted by atomic mass is 19.1. The lowest BCUT2D eigenvalue weighted by molar-refractivity contribution is 0.486. The van der Waals surface area contributed by atoms with E-state index in [1.54, 1.807) is 12.1 Å². The van der Waals surface area contributed by atoms with Crippen LogP contribution in [0.5, 0.6) is 0 Å². The fraction of sp³-hybridized carbons (Fsp3) is 0.128. The molecule has 40 heavy (non-hydrogen) atoms. The van der Waals surface area contributed by atoms with Crippen LogP contribution in [0.4, 0.5) is 4.39 Å². The third-order valence-corrected chi connectivity index (χ3v) is 8.25. The average molecular weight is 521 g/mol. The summed E-state index contributed by atoms with van der Waals surface area (Å²) in [5, 5.41) is 2.33. The van der Waals surface area contributed by atoms with Gasteiger partial charge in [-0.15, -0.1) is 0 Å². The summed E-state index contributed by atoms with van der Waals surface area (Å²) in [4.78, 5) is 0. The molecule has 0 aromatic heterocycles. The van der Waals surface area contributed by atoms with Gasteiger partial charge >= 0.3 is 0 Å². The van der Waals surface area contributed by atoms with Crippen molar-refractivity contribution in [2.24, 2.45) is 5.92 Å². The number of benzene rings is 6. The van der Waals surface area contributed by atoms with Crippen LogP contribution in [-0.4, -0.2) is 0 Å². The molecule has 1 heteroatoms. The largest absolute Gasteiger partial charge is 0.207 e. The Balaban J connectivity index is 1.34. The van der Waals surface area contributed by atoms with Gasteiger partial charge in [-0.1, -0.05) is 141 Å². The third-order valence-electron chi connectivity index (χ3n) is 8.25. The minimum Gasteiger partial charge on any atom is -0.207 e. The van der Waals surface area contributed by atoms with Gasteiger partial charge in [-0.3, -0.25) is 0 Å². The van der Waals surface area contributed by atoms with Gasteiger partial charge in [0.25, 0.3) is 0 Å². The van der Waals surface area contributed by atoms with E-state index in [1.807, 2.05) is 6.07 Å². The summed E-state index contributed by atoms with van der Waals surface area (Å²) < 4.78 is 14.2. The molecule has 0 radical (unpaired) electrons. The zero-order chi connectivity index (χ0) is 27.5. The van der Waals surface area contributed by atoms with E-state index in [0.29, 0.717) is 11.8 Å². The van der Waals surface area contributed by atoms with E-state index < -0.39 is 0 Å². The topological polar surface area (TPSA) is 0 Å². The van der Waals surface area contributed by atoms with Crippen LogP contribution in [0.3, 0.4) is 0 Å². The summed E-state index contributed by atoms with van der Waals surface area (Å²) in [6.45, 7) is 4.70. The van der Waals surface area contributed by atoms with Crippen LogP contribution in [0.25, 0.3) is 44.2 Å². The third kappa shape index (κ3) is 5.20. The molecule has 0 bridgehead atoms. The molecule has 6 rings (SSSR count). The van der Waals surface area contributed by atoms with Crippen molar-refractivity contribution in [3.8, 4) is 33.4 Å². The first-order valence-electron chi connectivity index (χ1n) is 14.1. The molecule has 6 aromatic rings. The van der Waals surface area contributed by atoms with Crippen molar-refractivity contribution in [3.05, 3.63) is 156 Å². The second-order valence-electron chi connectivity index (χ2n) is 10.8. The van der Waals surface area contributed by atoms with E-state index in [1.165, 1.54) is 44.8 Å². The second-order valence-corrected chi connectivity index (χ2v) is 10.8.